The zero-order valence-electron chi connectivity index (χ0n) is 12.6. The number of rotatable bonds is 7. The Kier molecular flexibility index (Phi) is 7.08. The van der Waals surface area contributed by atoms with E-state index in [9.17, 15) is 9.59 Å². The van der Waals surface area contributed by atoms with E-state index in [2.05, 4.69) is 5.32 Å². The fourth-order valence-electron chi connectivity index (χ4n) is 1.79. The van der Waals surface area contributed by atoms with Crippen molar-refractivity contribution in [2.75, 3.05) is 26.4 Å². The number of carbonyl (C=O) groups excluding carboxylic acids is 1. The third-order valence-electron chi connectivity index (χ3n) is 3.25. The van der Waals surface area contributed by atoms with Crippen molar-refractivity contribution in [3.05, 3.63) is 35.4 Å². The summed E-state index contributed by atoms with van der Waals surface area (Å²) in [6.45, 7) is 3.15. The van der Waals surface area contributed by atoms with Gasteiger partial charge in [0.15, 0.2) is 0 Å². The van der Waals surface area contributed by atoms with E-state index in [-0.39, 0.29) is 6.03 Å². The smallest absolute Gasteiger partial charge is 0.335 e. The van der Waals surface area contributed by atoms with Crippen LogP contribution in [0.1, 0.15) is 22.8 Å². The number of likely N-dealkylation sites (N-methyl/N-ethyl adjacent to an activating group) is 1. The molecule has 21 heavy (non-hydrogen) atoms. The van der Waals surface area contributed by atoms with E-state index in [1.54, 1.807) is 41.9 Å². The minimum Gasteiger partial charge on any atom is -0.478 e. The van der Waals surface area contributed by atoms with Crippen molar-refractivity contribution in [3.63, 3.8) is 0 Å². The quantitative estimate of drug-likeness (QED) is 0.811. The van der Waals surface area contributed by atoms with Gasteiger partial charge in [-0.1, -0.05) is 25.1 Å². The molecule has 1 aromatic carbocycles. The lowest BCUT2D eigenvalue weighted by Crippen LogP contribution is -2.40. The second-order valence-corrected chi connectivity index (χ2v) is 6.14. The Morgan fingerprint density at radius 3 is 2.67 bits per heavy atom. The first-order valence-corrected chi connectivity index (χ1v) is 8.07. The van der Waals surface area contributed by atoms with Gasteiger partial charge < -0.3 is 15.3 Å². The SMILES string of the molecule is CSC(C)CNC(=O)N(C)CCc1ccccc1C(=O)O. The zero-order valence-corrected chi connectivity index (χ0v) is 13.4. The Balaban J connectivity index is 2.51. The number of hydrogen-bond acceptors (Lipinski definition) is 3. The number of urea groups is 1. The minimum atomic E-state index is -0.938. The van der Waals surface area contributed by atoms with Gasteiger partial charge in [0.2, 0.25) is 0 Å². The summed E-state index contributed by atoms with van der Waals surface area (Å²) in [5, 5.41) is 12.3. The van der Waals surface area contributed by atoms with Crippen LogP contribution in [0.2, 0.25) is 0 Å². The molecule has 0 bridgehead atoms. The predicted molar refractivity (Wildman–Crippen MR) is 86.1 cm³/mol. The highest BCUT2D eigenvalue weighted by atomic mass is 32.2. The highest BCUT2D eigenvalue weighted by molar-refractivity contribution is 7.99. The van der Waals surface area contributed by atoms with Crippen LogP contribution in [0.15, 0.2) is 24.3 Å². The molecule has 0 saturated heterocycles. The number of nitrogens with one attached hydrogen (secondary N) is 1. The monoisotopic (exact) mass is 310 g/mol. The van der Waals surface area contributed by atoms with E-state index >= 15 is 0 Å². The predicted octanol–water partition coefficient (Wildman–Crippen LogP) is 2.32. The largest absolute Gasteiger partial charge is 0.478 e. The molecular formula is C15H22N2O3S. The van der Waals surface area contributed by atoms with E-state index in [0.29, 0.717) is 30.3 Å². The second kappa shape index (κ2) is 8.56. The second-order valence-electron chi connectivity index (χ2n) is 4.87. The van der Waals surface area contributed by atoms with Gasteiger partial charge in [-0.3, -0.25) is 0 Å². The fraction of sp³-hybridized carbons (Fsp3) is 0.467. The maximum Gasteiger partial charge on any atom is 0.335 e. The Labute approximate surface area is 129 Å². The number of hydrogen-bond donors (Lipinski definition) is 2. The summed E-state index contributed by atoms with van der Waals surface area (Å²) in [6.07, 6.45) is 2.52. The number of nitrogens with zero attached hydrogens (tertiary/aromatic N) is 1. The molecule has 1 atom stereocenters. The third kappa shape index (κ3) is 5.67. The number of amides is 2. The van der Waals surface area contributed by atoms with Crippen molar-refractivity contribution in [1.82, 2.24) is 10.2 Å². The lowest BCUT2D eigenvalue weighted by Gasteiger charge is -2.19. The van der Waals surface area contributed by atoms with Crippen molar-refractivity contribution in [1.29, 1.82) is 0 Å². The van der Waals surface area contributed by atoms with Crippen molar-refractivity contribution >= 4 is 23.8 Å². The van der Waals surface area contributed by atoms with Gasteiger partial charge in [0.25, 0.3) is 0 Å². The van der Waals surface area contributed by atoms with Crippen LogP contribution >= 0.6 is 11.8 Å². The third-order valence-corrected chi connectivity index (χ3v) is 4.23. The molecule has 1 aromatic rings. The molecule has 0 spiro atoms. The number of carboxylic acids is 1. The molecule has 1 unspecified atom stereocenters. The molecule has 116 valence electrons. The summed E-state index contributed by atoms with van der Waals surface area (Å²) in [5.41, 5.74) is 1.03. The van der Waals surface area contributed by atoms with Crippen LogP contribution in [0.3, 0.4) is 0 Å². The fourth-order valence-corrected chi connectivity index (χ4v) is 2.04. The van der Waals surface area contributed by atoms with Crippen LogP contribution in [0.5, 0.6) is 0 Å². The normalized spacial score (nSPS) is 11.8. The van der Waals surface area contributed by atoms with E-state index in [1.807, 2.05) is 19.2 Å². The zero-order chi connectivity index (χ0) is 15.8. The molecule has 0 heterocycles. The van der Waals surface area contributed by atoms with Crippen molar-refractivity contribution in [3.8, 4) is 0 Å². The van der Waals surface area contributed by atoms with E-state index in [4.69, 9.17) is 5.11 Å². The number of benzene rings is 1. The Bertz CT molecular complexity index is 494. The van der Waals surface area contributed by atoms with Crippen molar-refractivity contribution in [2.24, 2.45) is 0 Å². The van der Waals surface area contributed by atoms with E-state index in [1.165, 1.54) is 0 Å². The van der Waals surface area contributed by atoms with Gasteiger partial charge in [0.1, 0.15) is 0 Å². The summed E-state index contributed by atoms with van der Waals surface area (Å²) in [7, 11) is 1.71. The molecule has 0 aliphatic heterocycles. The van der Waals surface area contributed by atoms with Crippen molar-refractivity contribution < 1.29 is 14.7 Å². The molecule has 6 heteroatoms. The average Bonchev–Trinajstić information content (AvgIpc) is 2.49. The maximum atomic E-state index is 11.9. The van der Waals surface area contributed by atoms with Crippen LogP contribution in [0.4, 0.5) is 4.79 Å². The maximum absolute atomic E-state index is 11.9. The van der Waals surface area contributed by atoms with Gasteiger partial charge in [0, 0.05) is 25.4 Å². The molecule has 0 aromatic heterocycles. The highest BCUT2D eigenvalue weighted by Gasteiger charge is 2.12. The number of aromatic carboxylic acids is 1. The first kappa shape index (κ1) is 17.4. The van der Waals surface area contributed by atoms with Gasteiger partial charge in [-0.15, -0.1) is 0 Å². The summed E-state index contributed by atoms with van der Waals surface area (Å²) in [5.74, 6) is -0.938. The molecule has 2 amide bonds. The molecule has 0 saturated carbocycles. The topological polar surface area (TPSA) is 69.6 Å². The Morgan fingerprint density at radius 1 is 1.38 bits per heavy atom. The Morgan fingerprint density at radius 2 is 2.05 bits per heavy atom. The van der Waals surface area contributed by atoms with Gasteiger partial charge in [-0.25, -0.2) is 9.59 Å². The summed E-state index contributed by atoms with van der Waals surface area (Å²) in [6, 6.07) is 6.74. The molecule has 0 radical (unpaired) electrons. The van der Waals surface area contributed by atoms with Gasteiger partial charge >= 0.3 is 12.0 Å². The van der Waals surface area contributed by atoms with E-state index < -0.39 is 5.97 Å². The Hall–Kier alpha value is -1.69. The molecule has 2 N–H and O–H groups in total. The van der Waals surface area contributed by atoms with Crippen molar-refractivity contribution in [2.45, 2.75) is 18.6 Å². The van der Waals surface area contributed by atoms with Gasteiger partial charge in [0.05, 0.1) is 5.56 Å². The van der Waals surface area contributed by atoms with Crippen LogP contribution in [-0.2, 0) is 6.42 Å². The van der Waals surface area contributed by atoms with Crippen LogP contribution in [-0.4, -0.2) is 53.6 Å². The summed E-state index contributed by atoms with van der Waals surface area (Å²) < 4.78 is 0. The molecule has 0 aliphatic rings. The van der Waals surface area contributed by atoms with E-state index in [0.717, 1.165) is 5.56 Å². The average molecular weight is 310 g/mol. The molecule has 0 aliphatic carbocycles. The number of carbonyl (C=O) groups is 2. The number of carboxylic acid groups (broad SMARTS) is 1. The molecular weight excluding hydrogens is 288 g/mol. The summed E-state index contributed by atoms with van der Waals surface area (Å²) in [4.78, 5) is 24.6. The first-order chi connectivity index (χ1) is 9.95. The molecule has 5 nitrogen and oxygen atoms in total. The van der Waals surface area contributed by atoms with Gasteiger partial charge in [-0.2, -0.15) is 11.8 Å². The lowest BCUT2D eigenvalue weighted by atomic mass is 10.0. The van der Waals surface area contributed by atoms with Crippen LogP contribution in [0.25, 0.3) is 0 Å². The summed E-state index contributed by atoms with van der Waals surface area (Å²) >= 11 is 1.70. The molecule has 0 fully saturated rings. The lowest BCUT2D eigenvalue weighted by molar-refractivity contribution is 0.0695. The number of thioether (sulfide) groups is 1. The standard InChI is InChI=1S/C15H22N2O3S/c1-11(21-3)10-16-15(20)17(2)9-8-12-6-4-5-7-13(12)14(18)19/h4-7,11H,8-10H2,1-3H3,(H,16,20)(H,18,19). The highest BCUT2D eigenvalue weighted by Crippen LogP contribution is 2.10. The first-order valence-electron chi connectivity index (χ1n) is 6.78. The minimum absolute atomic E-state index is 0.135. The van der Waals surface area contributed by atoms with Crippen LogP contribution in [0, 0.1) is 0 Å². The van der Waals surface area contributed by atoms with Gasteiger partial charge in [-0.05, 0) is 24.3 Å². The van der Waals surface area contributed by atoms with Crippen LogP contribution < -0.4 is 5.32 Å². The molecule has 1 rings (SSSR count).